The van der Waals surface area contributed by atoms with E-state index in [-0.39, 0.29) is 12.3 Å². The van der Waals surface area contributed by atoms with Crippen LogP contribution in [0.25, 0.3) is 0 Å². The quantitative estimate of drug-likeness (QED) is 0.874. The van der Waals surface area contributed by atoms with E-state index in [2.05, 4.69) is 17.0 Å². The lowest BCUT2D eigenvalue weighted by Crippen LogP contribution is -2.39. The van der Waals surface area contributed by atoms with Crippen molar-refractivity contribution in [3.05, 3.63) is 30.3 Å². The van der Waals surface area contributed by atoms with E-state index in [0.717, 1.165) is 37.9 Å². The van der Waals surface area contributed by atoms with E-state index < -0.39 is 5.60 Å². The Morgan fingerprint density at radius 3 is 2.38 bits per heavy atom. The Kier molecular flexibility index (Phi) is 5.23. The van der Waals surface area contributed by atoms with Crippen molar-refractivity contribution >= 4 is 11.6 Å². The number of nitrogens with zero attached hydrogens (tertiary/aromatic N) is 2. The van der Waals surface area contributed by atoms with Gasteiger partial charge in [0, 0.05) is 32.9 Å². The number of aliphatic hydroxyl groups is 1. The summed E-state index contributed by atoms with van der Waals surface area (Å²) in [7, 11) is 3.84. The molecular formula is C17H26N2O2. The molecule has 0 bridgehead atoms. The Hall–Kier alpha value is -1.55. The molecule has 1 aromatic rings. The molecule has 1 fully saturated rings. The fourth-order valence-electron chi connectivity index (χ4n) is 2.86. The summed E-state index contributed by atoms with van der Waals surface area (Å²) in [5.74, 6) is 0.0425. The van der Waals surface area contributed by atoms with E-state index in [4.69, 9.17) is 0 Å². The summed E-state index contributed by atoms with van der Waals surface area (Å²) in [4.78, 5) is 16.1. The van der Waals surface area contributed by atoms with Gasteiger partial charge in [0.25, 0.3) is 0 Å². The van der Waals surface area contributed by atoms with Gasteiger partial charge in [0.1, 0.15) is 0 Å². The molecule has 0 atom stereocenters. The summed E-state index contributed by atoms with van der Waals surface area (Å²) in [6.07, 6.45) is 3.85. The zero-order chi connectivity index (χ0) is 15.3. The number of benzene rings is 1. The first-order chi connectivity index (χ1) is 10.0. The number of para-hydroxylation sites is 1. The molecule has 0 unspecified atom stereocenters. The highest BCUT2D eigenvalue weighted by atomic mass is 16.3. The van der Waals surface area contributed by atoms with E-state index in [1.165, 1.54) is 0 Å². The Labute approximate surface area is 127 Å². The summed E-state index contributed by atoms with van der Waals surface area (Å²) in [5, 5.41) is 10.3. The van der Waals surface area contributed by atoms with Gasteiger partial charge in [0.15, 0.2) is 0 Å². The second-order valence-electron chi connectivity index (χ2n) is 6.18. The third kappa shape index (κ3) is 4.46. The van der Waals surface area contributed by atoms with Crippen molar-refractivity contribution in [3.63, 3.8) is 0 Å². The van der Waals surface area contributed by atoms with Crippen LogP contribution in [0.1, 0.15) is 32.1 Å². The number of hydrogen-bond acceptors (Lipinski definition) is 3. The normalized spacial score (nSPS) is 16.7. The van der Waals surface area contributed by atoms with E-state index in [1.807, 2.05) is 32.3 Å². The summed E-state index contributed by atoms with van der Waals surface area (Å²) in [5.41, 5.74) is 0.393. The van der Waals surface area contributed by atoms with Crippen molar-refractivity contribution in [2.75, 3.05) is 32.1 Å². The molecule has 0 saturated heterocycles. The Bertz CT molecular complexity index is 455. The number of carbonyl (C=O) groups is 1. The van der Waals surface area contributed by atoms with E-state index in [0.29, 0.717) is 6.54 Å². The molecule has 4 heteroatoms. The zero-order valence-electron chi connectivity index (χ0n) is 13.1. The zero-order valence-corrected chi connectivity index (χ0v) is 13.1. The standard InChI is InChI=1S/C17H26N2O2/c1-18(15-8-4-3-5-9-15)12-13-19(2)16(20)14-17(21)10-6-7-11-17/h3-5,8-9,21H,6-7,10-14H2,1-2H3. The molecule has 4 nitrogen and oxygen atoms in total. The van der Waals surface area contributed by atoms with Gasteiger partial charge in [-0.15, -0.1) is 0 Å². The molecule has 2 rings (SSSR count). The molecule has 0 aromatic heterocycles. The maximum absolute atomic E-state index is 12.2. The highest BCUT2D eigenvalue weighted by Gasteiger charge is 2.34. The van der Waals surface area contributed by atoms with Crippen molar-refractivity contribution in [1.82, 2.24) is 4.90 Å². The van der Waals surface area contributed by atoms with Gasteiger partial charge in [-0.2, -0.15) is 0 Å². The van der Waals surface area contributed by atoms with Crippen molar-refractivity contribution < 1.29 is 9.90 Å². The van der Waals surface area contributed by atoms with Gasteiger partial charge in [0.2, 0.25) is 5.91 Å². The SMILES string of the molecule is CN(CCN(C)c1ccccc1)C(=O)CC1(O)CCCC1. The summed E-state index contributed by atoms with van der Waals surface area (Å²) >= 11 is 0. The van der Waals surface area contributed by atoms with Gasteiger partial charge in [-0.3, -0.25) is 4.79 Å². The average molecular weight is 290 g/mol. The van der Waals surface area contributed by atoms with E-state index in [1.54, 1.807) is 4.90 Å². The molecule has 1 saturated carbocycles. The molecule has 1 amide bonds. The summed E-state index contributed by atoms with van der Waals surface area (Å²) in [6, 6.07) is 10.1. The molecule has 0 aliphatic heterocycles. The first-order valence-electron chi connectivity index (χ1n) is 7.73. The van der Waals surface area contributed by atoms with Crippen LogP contribution in [0, 0.1) is 0 Å². The molecule has 1 aromatic carbocycles. The maximum atomic E-state index is 12.2. The van der Waals surface area contributed by atoms with Crippen LogP contribution in [0.3, 0.4) is 0 Å². The van der Waals surface area contributed by atoms with Gasteiger partial charge in [0.05, 0.1) is 12.0 Å². The highest BCUT2D eigenvalue weighted by molar-refractivity contribution is 5.77. The first kappa shape index (κ1) is 15.8. The number of amides is 1. The van der Waals surface area contributed by atoms with Gasteiger partial charge < -0.3 is 14.9 Å². The minimum Gasteiger partial charge on any atom is -0.389 e. The van der Waals surface area contributed by atoms with Crippen LogP contribution in [0.4, 0.5) is 5.69 Å². The molecule has 1 aliphatic rings. The number of rotatable bonds is 6. The molecule has 116 valence electrons. The number of anilines is 1. The van der Waals surface area contributed by atoms with Crippen LogP contribution in [-0.2, 0) is 4.79 Å². The molecular weight excluding hydrogens is 264 g/mol. The van der Waals surface area contributed by atoms with Crippen LogP contribution < -0.4 is 4.90 Å². The molecule has 0 radical (unpaired) electrons. The van der Waals surface area contributed by atoms with Crippen LogP contribution >= 0.6 is 0 Å². The minimum absolute atomic E-state index is 0.0425. The Morgan fingerprint density at radius 1 is 1.14 bits per heavy atom. The lowest BCUT2D eigenvalue weighted by atomic mass is 9.97. The fraction of sp³-hybridized carbons (Fsp3) is 0.588. The van der Waals surface area contributed by atoms with E-state index in [9.17, 15) is 9.90 Å². The topological polar surface area (TPSA) is 43.8 Å². The van der Waals surface area contributed by atoms with Crippen molar-refractivity contribution in [1.29, 1.82) is 0 Å². The molecule has 1 N–H and O–H groups in total. The van der Waals surface area contributed by atoms with Crippen LogP contribution in [0.15, 0.2) is 30.3 Å². The van der Waals surface area contributed by atoms with Gasteiger partial charge in [-0.25, -0.2) is 0 Å². The highest BCUT2D eigenvalue weighted by Crippen LogP contribution is 2.32. The van der Waals surface area contributed by atoms with Crippen LogP contribution in [-0.4, -0.2) is 48.7 Å². The predicted octanol–water partition coefficient (Wildman–Crippen LogP) is 2.28. The summed E-state index contributed by atoms with van der Waals surface area (Å²) < 4.78 is 0. The van der Waals surface area contributed by atoms with Crippen molar-refractivity contribution in [3.8, 4) is 0 Å². The van der Waals surface area contributed by atoms with Gasteiger partial charge >= 0.3 is 0 Å². The molecule has 1 aliphatic carbocycles. The lowest BCUT2D eigenvalue weighted by Gasteiger charge is -2.27. The third-order valence-corrected chi connectivity index (χ3v) is 4.41. The smallest absolute Gasteiger partial charge is 0.225 e. The predicted molar refractivity (Wildman–Crippen MR) is 85.4 cm³/mol. The monoisotopic (exact) mass is 290 g/mol. The Morgan fingerprint density at radius 2 is 1.76 bits per heavy atom. The van der Waals surface area contributed by atoms with Crippen molar-refractivity contribution in [2.24, 2.45) is 0 Å². The molecule has 0 heterocycles. The van der Waals surface area contributed by atoms with E-state index >= 15 is 0 Å². The number of carbonyl (C=O) groups excluding carboxylic acids is 1. The average Bonchev–Trinajstić information content (AvgIpc) is 2.91. The Balaban J connectivity index is 1.78. The number of likely N-dealkylation sites (N-methyl/N-ethyl adjacent to an activating group) is 2. The maximum Gasteiger partial charge on any atom is 0.225 e. The second kappa shape index (κ2) is 6.94. The third-order valence-electron chi connectivity index (χ3n) is 4.41. The van der Waals surface area contributed by atoms with Crippen LogP contribution in [0.2, 0.25) is 0 Å². The van der Waals surface area contributed by atoms with Gasteiger partial charge in [-0.05, 0) is 25.0 Å². The first-order valence-corrected chi connectivity index (χ1v) is 7.73. The van der Waals surface area contributed by atoms with Crippen molar-refractivity contribution in [2.45, 2.75) is 37.7 Å². The fourth-order valence-corrected chi connectivity index (χ4v) is 2.86. The van der Waals surface area contributed by atoms with Crippen LogP contribution in [0.5, 0.6) is 0 Å². The molecule has 21 heavy (non-hydrogen) atoms. The molecule has 0 spiro atoms. The second-order valence-corrected chi connectivity index (χ2v) is 6.18. The largest absolute Gasteiger partial charge is 0.389 e. The summed E-state index contributed by atoms with van der Waals surface area (Å²) in [6.45, 7) is 1.45. The minimum atomic E-state index is -0.753. The van der Waals surface area contributed by atoms with Gasteiger partial charge in [-0.1, -0.05) is 31.0 Å². The number of hydrogen-bond donors (Lipinski definition) is 1. The lowest BCUT2D eigenvalue weighted by molar-refractivity contribution is -0.134.